The smallest absolute Gasteiger partial charge is 0.238 e. The molecule has 78 valence electrons. The highest BCUT2D eigenvalue weighted by Gasteiger charge is 2.09. The summed E-state index contributed by atoms with van der Waals surface area (Å²) < 4.78 is 21.8. The maximum atomic E-state index is 10.9. The van der Waals surface area contributed by atoms with E-state index in [-0.39, 0.29) is 11.5 Å². The Morgan fingerprint density at radius 3 is 2.14 bits per heavy atom. The first kappa shape index (κ1) is 11.1. The van der Waals surface area contributed by atoms with Gasteiger partial charge in [-0.2, -0.15) is 0 Å². The second kappa shape index (κ2) is 4.05. The van der Waals surface area contributed by atoms with Crippen molar-refractivity contribution in [3.05, 3.63) is 29.8 Å². The van der Waals surface area contributed by atoms with Crippen molar-refractivity contribution in [1.82, 2.24) is 0 Å². The van der Waals surface area contributed by atoms with E-state index in [9.17, 15) is 8.42 Å². The number of sulfonamides is 1. The Balaban J connectivity index is 3.01. The average Bonchev–Trinajstić information content (AvgIpc) is 2.15. The first-order valence-electron chi connectivity index (χ1n) is 3.94. The van der Waals surface area contributed by atoms with Gasteiger partial charge in [0.2, 0.25) is 10.0 Å². The molecule has 0 heterocycles. The summed E-state index contributed by atoms with van der Waals surface area (Å²) in [6, 6.07) is 5.28. The van der Waals surface area contributed by atoms with Crippen molar-refractivity contribution in [3.8, 4) is 0 Å². The van der Waals surface area contributed by atoms with Crippen molar-refractivity contribution in [2.24, 2.45) is 10.9 Å². The van der Waals surface area contributed by atoms with Gasteiger partial charge in [0.15, 0.2) is 0 Å². The van der Waals surface area contributed by atoms with Crippen molar-refractivity contribution in [2.45, 2.75) is 10.9 Å². The molecule has 1 atom stereocenters. The van der Waals surface area contributed by atoms with Gasteiger partial charge in [-0.1, -0.05) is 12.1 Å². The van der Waals surface area contributed by atoms with Gasteiger partial charge in [-0.25, -0.2) is 13.6 Å². The fourth-order valence-corrected chi connectivity index (χ4v) is 1.53. The van der Waals surface area contributed by atoms with Crippen molar-refractivity contribution in [3.63, 3.8) is 0 Å². The van der Waals surface area contributed by atoms with Crippen LogP contribution < -0.4 is 10.9 Å². The fraction of sp³-hybridized carbons (Fsp3) is 0.250. The molecule has 0 spiro atoms. The van der Waals surface area contributed by atoms with E-state index in [1.807, 2.05) is 0 Å². The maximum Gasteiger partial charge on any atom is 0.238 e. The molecule has 0 fully saturated rings. The molecule has 0 aliphatic heterocycles. The van der Waals surface area contributed by atoms with E-state index in [1.165, 1.54) is 24.3 Å². The molecule has 0 aliphatic rings. The molecular formula is C8H12N2O3S. The second-order valence-electron chi connectivity index (χ2n) is 2.90. The van der Waals surface area contributed by atoms with Crippen molar-refractivity contribution >= 4 is 10.0 Å². The summed E-state index contributed by atoms with van der Waals surface area (Å²) in [7, 11) is -3.66. The van der Waals surface area contributed by atoms with Crippen molar-refractivity contribution in [1.29, 1.82) is 0 Å². The van der Waals surface area contributed by atoms with E-state index in [2.05, 4.69) is 0 Å². The van der Waals surface area contributed by atoms with Gasteiger partial charge >= 0.3 is 0 Å². The van der Waals surface area contributed by atoms with Crippen LogP contribution in [0, 0.1) is 0 Å². The largest absolute Gasteiger partial charge is 0.394 e. The summed E-state index contributed by atoms with van der Waals surface area (Å²) in [6.07, 6.45) is 0. The standard InChI is InChI=1S/C8H12N2O3S/c9-8(5-11)6-1-3-7(4-2-6)14(10,12)13/h1-4,8,11H,5,9H2,(H2,10,12,13)/t8-/m0/s1. The minimum absolute atomic E-state index is 0.0337. The van der Waals surface area contributed by atoms with Gasteiger partial charge < -0.3 is 10.8 Å². The molecule has 0 amide bonds. The summed E-state index contributed by atoms with van der Waals surface area (Å²) in [6.45, 7) is -0.186. The molecule has 0 saturated carbocycles. The molecule has 0 aromatic heterocycles. The molecule has 0 aliphatic carbocycles. The SMILES string of the molecule is N[C@@H](CO)c1ccc(S(N)(=O)=O)cc1. The van der Waals surface area contributed by atoms with E-state index < -0.39 is 16.1 Å². The maximum absolute atomic E-state index is 10.9. The first-order valence-corrected chi connectivity index (χ1v) is 5.49. The van der Waals surface area contributed by atoms with Gasteiger partial charge in [0.1, 0.15) is 0 Å². The van der Waals surface area contributed by atoms with Crippen molar-refractivity contribution in [2.75, 3.05) is 6.61 Å². The summed E-state index contributed by atoms with van der Waals surface area (Å²) in [5.41, 5.74) is 6.19. The van der Waals surface area contributed by atoms with Gasteiger partial charge in [-0.05, 0) is 17.7 Å². The quantitative estimate of drug-likeness (QED) is 0.622. The number of aliphatic hydroxyl groups is 1. The zero-order valence-electron chi connectivity index (χ0n) is 7.42. The number of aliphatic hydroxyl groups excluding tert-OH is 1. The molecule has 0 unspecified atom stereocenters. The summed E-state index contributed by atoms with van der Waals surface area (Å²) in [5, 5.41) is 13.7. The van der Waals surface area contributed by atoms with Crippen LogP contribution >= 0.6 is 0 Å². The molecule has 5 nitrogen and oxygen atoms in total. The molecule has 1 aromatic carbocycles. The molecule has 5 N–H and O–H groups in total. The Morgan fingerprint density at radius 2 is 1.79 bits per heavy atom. The first-order chi connectivity index (χ1) is 6.45. The van der Waals surface area contributed by atoms with E-state index in [0.29, 0.717) is 5.56 Å². The van der Waals surface area contributed by atoms with E-state index in [4.69, 9.17) is 16.0 Å². The van der Waals surface area contributed by atoms with Gasteiger partial charge in [0.05, 0.1) is 17.5 Å². The van der Waals surface area contributed by atoms with E-state index in [1.54, 1.807) is 0 Å². The number of benzene rings is 1. The van der Waals surface area contributed by atoms with Crippen LogP contribution in [0.1, 0.15) is 11.6 Å². The molecular weight excluding hydrogens is 204 g/mol. The third-order valence-corrected chi connectivity index (χ3v) is 2.76. The van der Waals surface area contributed by atoms with Gasteiger partial charge in [-0.15, -0.1) is 0 Å². The zero-order valence-corrected chi connectivity index (χ0v) is 8.24. The van der Waals surface area contributed by atoms with Crippen LogP contribution in [0.3, 0.4) is 0 Å². The Bertz CT molecular complexity index is 399. The van der Waals surface area contributed by atoms with E-state index >= 15 is 0 Å². The predicted octanol–water partition coefficient (Wildman–Crippen LogP) is -0.674. The lowest BCUT2D eigenvalue weighted by Crippen LogP contribution is -2.15. The fourth-order valence-electron chi connectivity index (χ4n) is 1.01. The topological polar surface area (TPSA) is 106 Å². The van der Waals surface area contributed by atoms with E-state index in [0.717, 1.165) is 0 Å². The Labute approximate surface area is 82.4 Å². The Kier molecular flexibility index (Phi) is 3.22. The number of nitrogens with two attached hydrogens (primary N) is 2. The Morgan fingerprint density at radius 1 is 1.29 bits per heavy atom. The van der Waals surface area contributed by atoms with Gasteiger partial charge in [0.25, 0.3) is 0 Å². The summed E-state index contributed by atoms with van der Waals surface area (Å²) >= 11 is 0. The lowest BCUT2D eigenvalue weighted by molar-refractivity contribution is 0.268. The molecule has 6 heteroatoms. The van der Waals surface area contributed by atoms with Crippen LogP contribution in [0.4, 0.5) is 0 Å². The highest BCUT2D eigenvalue weighted by Crippen LogP contribution is 2.13. The van der Waals surface area contributed by atoms with Gasteiger partial charge in [-0.3, -0.25) is 0 Å². The summed E-state index contributed by atoms with van der Waals surface area (Å²) in [4.78, 5) is 0.0337. The third kappa shape index (κ3) is 2.52. The molecule has 0 radical (unpaired) electrons. The third-order valence-electron chi connectivity index (χ3n) is 1.83. The summed E-state index contributed by atoms with van der Waals surface area (Å²) in [5.74, 6) is 0. The lowest BCUT2D eigenvalue weighted by atomic mass is 10.1. The molecule has 1 rings (SSSR count). The van der Waals surface area contributed by atoms with Crippen LogP contribution in [0.2, 0.25) is 0 Å². The van der Waals surface area contributed by atoms with Crippen LogP contribution in [0.5, 0.6) is 0 Å². The highest BCUT2D eigenvalue weighted by atomic mass is 32.2. The molecule has 0 saturated heterocycles. The van der Waals surface area contributed by atoms with Gasteiger partial charge in [0, 0.05) is 0 Å². The normalized spacial score (nSPS) is 13.9. The minimum atomic E-state index is -3.66. The number of hydrogen-bond donors (Lipinski definition) is 3. The van der Waals surface area contributed by atoms with Crippen LogP contribution in [-0.4, -0.2) is 20.1 Å². The second-order valence-corrected chi connectivity index (χ2v) is 4.46. The molecule has 1 aromatic rings. The predicted molar refractivity (Wildman–Crippen MR) is 51.8 cm³/mol. The highest BCUT2D eigenvalue weighted by molar-refractivity contribution is 7.89. The molecule has 0 bridgehead atoms. The zero-order chi connectivity index (χ0) is 10.8. The lowest BCUT2D eigenvalue weighted by Gasteiger charge is -2.08. The Hall–Kier alpha value is -0.950. The van der Waals surface area contributed by atoms with Crippen LogP contribution in [0.25, 0.3) is 0 Å². The molecule has 14 heavy (non-hydrogen) atoms. The monoisotopic (exact) mass is 216 g/mol. The minimum Gasteiger partial charge on any atom is -0.394 e. The number of primary sulfonamides is 1. The van der Waals surface area contributed by atoms with Crippen LogP contribution in [-0.2, 0) is 10.0 Å². The number of rotatable bonds is 3. The van der Waals surface area contributed by atoms with Crippen LogP contribution in [0.15, 0.2) is 29.2 Å². The number of hydrogen-bond acceptors (Lipinski definition) is 4. The average molecular weight is 216 g/mol. The van der Waals surface area contributed by atoms with Crippen molar-refractivity contribution < 1.29 is 13.5 Å².